The summed E-state index contributed by atoms with van der Waals surface area (Å²) in [5.41, 5.74) is 3.33. The van der Waals surface area contributed by atoms with E-state index in [1.165, 1.54) is 22.3 Å². The monoisotopic (exact) mass is 497 g/mol. The van der Waals surface area contributed by atoms with Crippen molar-refractivity contribution in [2.24, 2.45) is 7.05 Å². The Labute approximate surface area is 203 Å². The molecule has 2 aromatic heterocycles. The van der Waals surface area contributed by atoms with Crippen LogP contribution in [0.1, 0.15) is 28.7 Å². The predicted octanol–water partition coefficient (Wildman–Crippen LogP) is 4.04. The molecule has 4 rings (SSSR count). The fourth-order valence-electron chi connectivity index (χ4n) is 3.79. The fourth-order valence-corrected chi connectivity index (χ4v) is 5.45. The van der Waals surface area contributed by atoms with Gasteiger partial charge < -0.3 is 9.13 Å². The number of carbonyl (C=O) groups excluding carboxylic acids is 1. The number of nitrogens with zero attached hydrogens (tertiary/aromatic N) is 5. The SMILES string of the molecule is CCn1cc(C(=O)CSc2nnc(CN(c3ccc(C)cc3)S(C)(=O)=O)n2C)c2ccccc21. The Kier molecular flexibility index (Phi) is 6.81. The second-order valence-electron chi connectivity index (χ2n) is 8.12. The fraction of sp³-hybridized carbons (Fsp3) is 0.292. The van der Waals surface area contributed by atoms with Gasteiger partial charge in [0.05, 0.1) is 24.2 Å². The maximum Gasteiger partial charge on any atom is 0.232 e. The van der Waals surface area contributed by atoms with Crippen molar-refractivity contribution >= 4 is 44.2 Å². The molecule has 8 nitrogen and oxygen atoms in total. The van der Waals surface area contributed by atoms with Crippen LogP contribution in [0.5, 0.6) is 0 Å². The molecule has 0 unspecified atom stereocenters. The van der Waals surface area contributed by atoms with E-state index in [0.717, 1.165) is 23.0 Å². The van der Waals surface area contributed by atoms with Crippen molar-refractivity contribution in [3.05, 3.63) is 71.7 Å². The van der Waals surface area contributed by atoms with Gasteiger partial charge in [0.2, 0.25) is 10.0 Å². The van der Waals surface area contributed by atoms with Crippen molar-refractivity contribution in [3.63, 3.8) is 0 Å². The smallest absolute Gasteiger partial charge is 0.232 e. The number of sulfonamides is 1. The Morgan fingerprint density at radius 3 is 2.47 bits per heavy atom. The largest absolute Gasteiger partial charge is 0.347 e. The topological polar surface area (TPSA) is 90.1 Å². The third-order valence-corrected chi connectivity index (χ3v) is 7.86. The summed E-state index contributed by atoms with van der Waals surface area (Å²) in [6.07, 6.45) is 3.07. The maximum atomic E-state index is 13.0. The summed E-state index contributed by atoms with van der Waals surface area (Å²) < 4.78 is 30.0. The number of hydrogen-bond acceptors (Lipinski definition) is 6. The molecule has 0 amide bonds. The van der Waals surface area contributed by atoms with E-state index in [1.54, 1.807) is 23.7 Å². The molecule has 2 heterocycles. The van der Waals surface area contributed by atoms with Crippen LogP contribution in [-0.2, 0) is 30.2 Å². The minimum absolute atomic E-state index is 0.00960. The Hall–Kier alpha value is -3.11. The van der Waals surface area contributed by atoms with Crippen LogP contribution >= 0.6 is 11.8 Å². The molecule has 0 aliphatic rings. The van der Waals surface area contributed by atoms with Crippen molar-refractivity contribution in [1.82, 2.24) is 19.3 Å². The van der Waals surface area contributed by atoms with Gasteiger partial charge >= 0.3 is 0 Å². The summed E-state index contributed by atoms with van der Waals surface area (Å²) in [4.78, 5) is 13.0. The number of aryl methyl sites for hydroxylation is 2. The van der Waals surface area contributed by atoms with Crippen LogP contribution in [0.15, 0.2) is 59.9 Å². The normalized spacial score (nSPS) is 11.8. The number of Topliss-reactive ketones (excluding diaryl/α,β-unsaturated/α-hetero) is 1. The van der Waals surface area contributed by atoms with E-state index < -0.39 is 10.0 Å². The first-order valence-corrected chi connectivity index (χ1v) is 13.7. The van der Waals surface area contributed by atoms with Crippen molar-refractivity contribution in [3.8, 4) is 0 Å². The average Bonchev–Trinajstić information content (AvgIpc) is 3.36. The quantitative estimate of drug-likeness (QED) is 0.256. The lowest BCUT2D eigenvalue weighted by atomic mass is 10.1. The highest BCUT2D eigenvalue weighted by atomic mass is 32.2. The molecular weight excluding hydrogens is 470 g/mol. The third kappa shape index (κ3) is 4.88. The minimum Gasteiger partial charge on any atom is -0.347 e. The molecule has 0 spiro atoms. The van der Waals surface area contributed by atoms with Gasteiger partial charge in [0.25, 0.3) is 0 Å². The Morgan fingerprint density at radius 2 is 1.79 bits per heavy atom. The second-order valence-corrected chi connectivity index (χ2v) is 11.0. The van der Waals surface area contributed by atoms with E-state index in [4.69, 9.17) is 0 Å². The van der Waals surface area contributed by atoms with E-state index in [0.29, 0.717) is 22.2 Å². The summed E-state index contributed by atoms with van der Waals surface area (Å²) in [5, 5.41) is 9.90. The highest BCUT2D eigenvalue weighted by Gasteiger charge is 2.22. The number of benzene rings is 2. The molecule has 4 aromatic rings. The van der Waals surface area contributed by atoms with Crippen molar-refractivity contribution in [2.45, 2.75) is 32.1 Å². The molecule has 0 saturated carbocycles. The van der Waals surface area contributed by atoms with Gasteiger partial charge in [-0.25, -0.2) is 8.42 Å². The van der Waals surface area contributed by atoms with Crippen LogP contribution < -0.4 is 4.31 Å². The number of fused-ring (bicyclic) bond motifs is 1. The number of para-hydroxylation sites is 1. The number of carbonyl (C=O) groups is 1. The first kappa shape index (κ1) is 24.0. The van der Waals surface area contributed by atoms with Crippen molar-refractivity contribution in [2.75, 3.05) is 16.3 Å². The van der Waals surface area contributed by atoms with Gasteiger partial charge in [0, 0.05) is 36.3 Å². The van der Waals surface area contributed by atoms with Crippen LogP contribution in [0.25, 0.3) is 10.9 Å². The molecule has 0 aliphatic carbocycles. The van der Waals surface area contributed by atoms with E-state index in [2.05, 4.69) is 14.8 Å². The van der Waals surface area contributed by atoms with Crippen LogP contribution in [-0.4, -0.2) is 45.5 Å². The van der Waals surface area contributed by atoms with Gasteiger partial charge in [-0.3, -0.25) is 9.10 Å². The molecule has 0 N–H and O–H groups in total. The molecular formula is C24H27N5O3S2. The minimum atomic E-state index is -3.53. The summed E-state index contributed by atoms with van der Waals surface area (Å²) in [6.45, 7) is 4.82. The van der Waals surface area contributed by atoms with E-state index in [1.807, 2.05) is 56.4 Å². The second kappa shape index (κ2) is 9.63. The maximum absolute atomic E-state index is 13.0. The highest BCUT2D eigenvalue weighted by Crippen LogP contribution is 2.26. The van der Waals surface area contributed by atoms with Crippen LogP contribution in [0, 0.1) is 6.92 Å². The van der Waals surface area contributed by atoms with Crippen LogP contribution in [0.4, 0.5) is 5.69 Å². The first-order chi connectivity index (χ1) is 16.2. The molecule has 0 saturated heterocycles. The molecule has 0 atom stereocenters. The van der Waals surface area contributed by atoms with Gasteiger partial charge in [-0.15, -0.1) is 10.2 Å². The molecule has 2 aromatic carbocycles. The van der Waals surface area contributed by atoms with Gasteiger partial charge in [-0.05, 0) is 32.0 Å². The summed E-state index contributed by atoms with van der Waals surface area (Å²) in [5.74, 6) is 0.705. The van der Waals surface area contributed by atoms with Crippen molar-refractivity contribution < 1.29 is 13.2 Å². The van der Waals surface area contributed by atoms with Crippen molar-refractivity contribution in [1.29, 1.82) is 0 Å². The zero-order valence-corrected chi connectivity index (χ0v) is 21.2. The number of rotatable bonds is 9. The zero-order chi connectivity index (χ0) is 24.5. The lowest BCUT2D eigenvalue weighted by Gasteiger charge is -2.22. The van der Waals surface area contributed by atoms with E-state index >= 15 is 0 Å². The van der Waals surface area contributed by atoms with E-state index in [-0.39, 0.29) is 18.1 Å². The molecule has 0 radical (unpaired) electrons. The highest BCUT2D eigenvalue weighted by molar-refractivity contribution is 7.99. The van der Waals surface area contributed by atoms with E-state index in [9.17, 15) is 13.2 Å². The third-order valence-electron chi connectivity index (χ3n) is 5.69. The molecule has 0 bridgehead atoms. The molecule has 0 fully saturated rings. The number of anilines is 1. The number of hydrogen-bond donors (Lipinski definition) is 0. The standard InChI is InChI=1S/C24H27N5O3S2/c1-5-28-14-20(19-8-6-7-9-21(19)28)22(30)16-33-24-26-25-23(27(24)3)15-29(34(4,31)32)18-12-10-17(2)11-13-18/h6-14H,5,15-16H2,1-4H3. The Bertz CT molecular complexity index is 1440. The number of aromatic nitrogens is 4. The van der Waals surface area contributed by atoms with Crippen LogP contribution in [0.3, 0.4) is 0 Å². The Morgan fingerprint density at radius 1 is 1.09 bits per heavy atom. The lowest BCUT2D eigenvalue weighted by Crippen LogP contribution is -2.30. The molecule has 178 valence electrons. The average molecular weight is 498 g/mol. The number of ketones is 1. The summed E-state index contributed by atoms with van der Waals surface area (Å²) >= 11 is 1.29. The van der Waals surface area contributed by atoms with Gasteiger partial charge in [0.1, 0.15) is 0 Å². The number of thioether (sulfide) groups is 1. The van der Waals surface area contributed by atoms with Gasteiger partial charge in [-0.1, -0.05) is 47.7 Å². The molecule has 0 aliphatic heterocycles. The molecule has 10 heteroatoms. The van der Waals surface area contributed by atoms with Gasteiger partial charge in [-0.2, -0.15) is 0 Å². The van der Waals surface area contributed by atoms with Gasteiger partial charge in [0.15, 0.2) is 16.8 Å². The molecule has 34 heavy (non-hydrogen) atoms. The predicted molar refractivity (Wildman–Crippen MR) is 136 cm³/mol. The summed E-state index contributed by atoms with van der Waals surface area (Å²) in [7, 11) is -1.75. The lowest BCUT2D eigenvalue weighted by molar-refractivity contribution is 0.102. The summed E-state index contributed by atoms with van der Waals surface area (Å²) in [6, 6.07) is 15.2. The first-order valence-electron chi connectivity index (χ1n) is 10.9. The Balaban J connectivity index is 1.51. The zero-order valence-electron chi connectivity index (χ0n) is 19.6. The van der Waals surface area contributed by atoms with Crippen LogP contribution in [0.2, 0.25) is 0 Å².